The van der Waals surface area contributed by atoms with Crippen LogP contribution >= 0.6 is 11.3 Å². The number of nitrogens with one attached hydrogen (secondary N) is 3. The Morgan fingerprint density at radius 1 is 0.846 bits per heavy atom. The van der Waals surface area contributed by atoms with Crippen molar-refractivity contribution in [1.82, 2.24) is 15.0 Å². The second kappa shape index (κ2) is 10.9. The summed E-state index contributed by atoms with van der Waals surface area (Å²) in [5.74, 6) is 0.728. The number of rotatable bonds is 7. The summed E-state index contributed by atoms with van der Waals surface area (Å²) in [7, 11) is 0. The molecule has 0 saturated carbocycles. The fraction of sp³-hybridized carbons (Fsp3) is 0.0714. The normalized spacial score (nSPS) is 11.2. The van der Waals surface area contributed by atoms with Crippen LogP contribution in [0, 0.1) is 0 Å². The van der Waals surface area contributed by atoms with Crippen LogP contribution in [0.5, 0.6) is 0 Å². The SMILES string of the molecule is CC(=O)Nc1cccc(-c2cnc(Nc3ccc(-c4ccsc4)cn3)nc2Nc2cccc(C(F)(F)F)c2)c1. The van der Waals surface area contributed by atoms with E-state index in [0.29, 0.717) is 22.6 Å². The minimum absolute atomic E-state index is 0.196. The van der Waals surface area contributed by atoms with Crippen LogP contribution in [0.2, 0.25) is 0 Å². The van der Waals surface area contributed by atoms with Gasteiger partial charge in [-0.05, 0) is 70.4 Å². The van der Waals surface area contributed by atoms with Gasteiger partial charge < -0.3 is 16.0 Å². The van der Waals surface area contributed by atoms with Crippen molar-refractivity contribution in [3.8, 4) is 22.3 Å². The number of carbonyl (C=O) groups is 1. The van der Waals surface area contributed by atoms with Crippen molar-refractivity contribution in [1.29, 1.82) is 0 Å². The Morgan fingerprint density at radius 3 is 2.38 bits per heavy atom. The summed E-state index contributed by atoms with van der Waals surface area (Å²) in [4.78, 5) is 24.9. The van der Waals surface area contributed by atoms with Gasteiger partial charge in [-0.2, -0.15) is 29.5 Å². The maximum Gasteiger partial charge on any atom is 0.416 e. The van der Waals surface area contributed by atoms with E-state index in [1.807, 2.05) is 22.9 Å². The lowest BCUT2D eigenvalue weighted by molar-refractivity contribution is -0.137. The third kappa shape index (κ3) is 6.39. The van der Waals surface area contributed by atoms with Gasteiger partial charge >= 0.3 is 6.18 Å². The largest absolute Gasteiger partial charge is 0.416 e. The van der Waals surface area contributed by atoms with Crippen LogP contribution in [0.3, 0.4) is 0 Å². The van der Waals surface area contributed by atoms with E-state index in [-0.39, 0.29) is 23.4 Å². The van der Waals surface area contributed by atoms with E-state index in [0.717, 1.165) is 23.3 Å². The molecule has 0 saturated heterocycles. The third-order valence-electron chi connectivity index (χ3n) is 5.59. The van der Waals surface area contributed by atoms with Crippen LogP contribution in [0.1, 0.15) is 12.5 Å². The van der Waals surface area contributed by atoms with Crippen molar-refractivity contribution in [2.45, 2.75) is 13.1 Å². The van der Waals surface area contributed by atoms with Gasteiger partial charge in [0.1, 0.15) is 11.6 Å². The number of hydrogen-bond acceptors (Lipinski definition) is 7. The van der Waals surface area contributed by atoms with E-state index in [1.165, 1.54) is 19.1 Å². The van der Waals surface area contributed by atoms with Crippen molar-refractivity contribution in [3.05, 3.63) is 95.4 Å². The molecular weight excluding hydrogens is 525 g/mol. The van der Waals surface area contributed by atoms with E-state index < -0.39 is 11.7 Å². The number of halogens is 3. The fourth-order valence-corrected chi connectivity index (χ4v) is 4.47. The van der Waals surface area contributed by atoms with Crippen LogP contribution in [0.4, 0.5) is 42.1 Å². The molecule has 0 atom stereocenters. The second-order valence-corrected chi connectivity index (χ2v) is 9.27. The van der Waals surface area contributed by atoms with E-state index in [9.17, 15) is 18.0 Å². The molecule has 3 heterocycles. The van der Waals surface area contributed by atoms with Crippen LogP contribution in [-0.2, 0) is 11.0 Å². The van der Waals surface area contributed by atoms with Gasteiger partial charge in [-0.15, -0.1) is 0 Å². The Labute approximate surface area is 225 Å². The van der Waals surface area contributed by atoms with Crippen LogP contribution in [0.25, 0.3) is 22.3 Å². The molecule has 196 valence electrons. The van der Waals surface area contributed by atoms with Crippen LogP contribution in [0.15, 0.2) is 89.9 Å². The van der Waals surface area contributed by atoms with E-state index in [2.05, 4.69) is 30.9 Å². The predicted molar refractivity (Wildman–Crippen MR) is 147 cm³/mol. The fourth-order valence-electron chi connectivity index (χ4n) is 3.81. The smallest absolute Gasteiger partial charge is 0.340 e. The number of anilines is 5. The summed E-state index contributed by atoms with van der Waals surface area (Å²) < 4.78 is 40.0. The lowest BCUT2D eigenvalue weighted by atomic mass is 10.1. The number of nitrogens with zero attached hydrogens (tertiary/aromatic N) is 3. The van der Waals surface area contributed by atoms with Gasteiger partial charge in [0.2, 0.25) is 11.9 Å². The van der Waals surface area contributed by atoms with E-state index in [1.54, 1.807) is 54.1 Å². The lowest BCUT2D eigenvalue weighted by Crippen LogP contribution is -2.07. The highest BCUT2D eigenvalue weighted by Gasteiger charge is 2.30. The molecule has 0 aliphatic rings. The molecule has 5 rings (SSSR count). The molecule has 0 radical (unpaired) electrons. The van der Waals surface area contributed by atoms with Crippen LogP contribution < -0.4 is 16.0 Å². The Hall–Kier alpha value is -4.77. The molecule has 0 unspecified atom stereocenters. The maximum absolute atomic E-state index is 13.3. The molecule has 5 aromatic rings. The van der Waals surface area contributed by atoms with Gasteiger partial charge in [-0.25, -0.2) is 9.97 Å². The molecule has 0 aliphatic carbocycles. The van der Waals surface area contributed by atoms with Gasteiger partial charge in [0.25, 0.3) is 0 Å². The van der Waals surface area contributed by atoms with Crippen molar-refractivity contribution >= 4 is 46.2 Å². The summed E-state index contributed by atoms with van der Waals surface area (Å²) in [6.45, 7) is 1.40. The molecule has 0 aliphatic heterocycles. The molecule has 0 spiro atoms. The summed E-state index contributed by atoms with van der Waals surface area (Å²) in [6.07, 6.45) is -1.21. The summed E-state index contributed by atoms with van der Waals surface area (Å²) >= 11 is 1.60. The number of benzene rings is 2. The van der Waals surface area contributed by atoms with Gasteiger partial charge in [0, 0.05) is 41.8 Å². The standard InChI is InChI=1S/C28H21F3N6OS/c1-17(38)34-22-6-2-4-18(12-22)24-15-33-27(36-25-9-8-19(14-32-25)20-10-11-39-16-20)37-26(24)35-23-7-3-5-21(13-23)28(29,30)31/h2-16H,1H3,(H,34,38)(H2,32,33,35,36,37). The number of thiophene rings is 1. The number of carbonyl (C=O) groups excluding carboxylic acids is 1. The van der Waals surface area contributed by atoms with Crippen molar-refractivity contribution in [2.75, 3.05) is 16.0 Å². The quantitative estimate of drug-likeness (QED) is 0.193. The van der Waals surface area contributed by atoms with Gasteiger partial charge in [0.05, 0.1) is 5.56 Å². The average Bonchev–Trinajstić information content (AvgIpc) is 3.44. The molecular formula is C28H21F3N6OS. The van der Waals surface area contributed by atoms with Crippen molar-refractivity contribution in [2.24, 2.45) is 0 Å². The molecule has 3 N–H and O–H groups in total. The first-order valence-electron chi connectivity index (χ1n) is 11.7. The van der Waals surface area contributed by atoms with E-state index in [4.69, 9.17) is 0 Å². The number of alkyl halides is 3. The summed E-state index contributed by atoms with van der Waals surface area (Å²) in [6, 6.07) is 17.6. The van der Waals surface area contributed by atoms with Crippen molar-refractivity contribution in [3.63, 3.8) is 0 Å². The monoisotopic (exact) mass is 546 g/mol. The lowest BCUT2D eigenvalue weighted by Gasteiger charge is -2.15. The Kier molecular flexibility index (Phi) is 7.24. The Bertz CT molecular complexity index is 1600. The molecule has 39 heavy (non-hydrogen) atoms. The molecule has 7 nitrogen and oxygen atoms in total. The number of hydrogen-bond donors (Lipinski definition) is 3. The van der Waals surface area contributed by atoms with Gasteiger partial charge in [0.15, 0.2) is 0 Å². The zero-order chi connectivity index (χ0) is 27.4. The topological polar surface area (TPSA) is 91.8 Å². The van der Waals surface area contributed by atoms with Gasteiger partial charge in [-0.3, -0.25) is 4.79 Å². The number of pyridine rings is 1. The summed E-state index contributed by atoms with van der Waals surface area (Å²) in [5.41, 5.74) is 3.17. The average molecular weight is 547 g/mol. The Morgan fingerprint density at radius 2 is 1.67 bits per heavy atom. The molecule has 2 aromatic carbocycles. The van der Waals surface area contributed by atoms with E-state index >= 15 is 0 Å². The molecule has 0 fully saturated rings. The first kappa shape index (κ1) is 25.9. The highest BCUT2D eigenvalue weighted by molar-refractivity contribution is 7.08. The molecule has 11 heteroatoms. The zero-order valence-electron chi connectivity index (χ0n) is 20.5. The first-order valence-corrected chi connectivity index (χ1v) is 12.6. The maximum atomic E-state index is 13.3. The predicted octanol–water partition coefficient (Wildman–Crippen LogP) is 7.73. The van der Waals surface area contributed by atoms with Crippen LogP contribution in [-0.4, -0.2) is 20.9 Å². The number of amides is 1. The highest BCUT2D eigenvalue weighted by Crippen LogP contribution is 2.34. The highest BCUT2D eigenvalue weighted by atomic mass is 32.1. The molecule has 3 aromatic heterocycles. The Balaban J connectivity index is 1.49. The zero-order valence-corrected chi connectivity index (χ0v) is 21.3. The first-order chi connectivity index (χ1) is 18.7. The molecule has 1 amide bonds. The minimum atomic E-state index is -4.49. The van der Waals surface area contributed by atoms with Crippen molar-refractivity contribution < 1.29 is 18.0 Å². The molecule has 0 bridgehead atoms. The van der Waals surface area contributed by atoms with Gasteiger partial charge in [-0.1, -0.05) is 18.2 Å². The second-order valence-electron chi connectivity index (χ2n) is 8.49. The number of aromatic nitrogens is 3. The minimum Gasteiger partial charge on any atom is -0.340 e. The third-order valence-corrected chi connectivity index (χ3v) is 6.28. The summed E-state index contributed by atoms with van der Waals surface area (Å²) in [5, 5.41) is 12.8.